The molecule has 2 aromatic carbocycles. The van der Waals surface area contributed by atoms with Crippen molar-refractivity contribution in [3.05, 3.63) is 53.1 Å². The van der Waals surface area contributed by atoms with Gasteiger partial charge in [0.15, 0.2) is 6.61 Å². The molecule has 0 aromatic heterocycles. The van der Waals surface area contributed by atoms with E-state index in [1.54, 1.807) is 18.2 Å². The van der Waals surface area contributed by atoms with Crippen LogP contribution in [0.15, 0.2) is 42.5 Å². The summed E-state index contributed by atoms with van der Waals surface area (Å²) >= 11 is 5.97. The van der Waals surface area contributed by atoms with E-state index in [2.05, 4.69) is 5.32 Å². The number of rotatable bonds is 4. The Morgan fingerprint density at radius 2 is 1.95 bits per heavy atom. The van der Waals surface area contributed by atoms with E-state index in [1.165, 1.54) is 0 Å². The quantitative estimate of drug-likeness (QED) is 0.850. The van der Waals surface area contributed by atoms with E-state index in [9.17, 15) is 4.79 Å². The van der Waals surface area contributed by atoms with Crippen LogP contribution in [0.4, 0.5) is 11.4 Å². The smallest absolute Gasteiger partial charge is 0.262 e. The lowest BCUT2D eigenvalue weighted by Crippen LogP contribution is -2.20. The summed E-state index contributed by atoms with van der Waals surface area (Å²) in [6.07, 6.45) is 0. The lowest BCUT2D eigenvalue weighted by Gasteiger charge is -2.09. The number of carbonyl (C=O) groups is 1. The van der Waals surface area contributed by atoms with E-state index in [1.807, 2.05) is 31.2 Å². The fraction of sp³-hybridized carbons (Fsp3) is 0.133. The summed E-state index contributed by atoms with van der Waals surface area (Å²) in [5, 5.41) is 3.06. The van der Waals surface area contributed by atoms with E-state index in [-0.39, 0.29) is 12.5 Å². The normalized spacial score (nSPS) is 10.1. The number of nitrogen functional groups attached to an aromatic ring is 1. The van der Waals surface area contributed by atoms with Gasteiger partial charge in [-0.2, -0.15) is 0 Å². The summed E-state index contributed by atoms with van der Waals surface area (Å²) in [5.41, 5.74) is 7.78. The molecule has 2 rings (SSSR count). The van der Waals surface area contributed by atoms with Gasteiger partial charge in [0, 0.05) is 5.69 Å². The standard InChI is InChI=1S/C15H15ClN2O2/c1-10-2-5-12(6-3-10)20-9-15(19)18-14-7-4-11(17)8-13(14)16/h2-8H,9,17H2,1H3,(H,18,19). The number of aryl methyl sites for hydroxylation is 1. The molecule has 0 atom stereocenters. The summed E-state index contributed by atoms with van der Waals surface area (Å²) < 4.78 is 5.38. The SMILES string of the molecule is Cc1ccc(OCC(=O)Nc2ccc(N)cc2Cl)cc1. The molecule has 0 aliphatic heterocycles. The Morgan fingerprint density at radius 1 is 1.25 bits per heavy atom. The van der Waals surface area contributed by atoms with Crippen LogP contribution in [0.25, 0.3) is 0 Å². The van der Waals surface area contributed by atoms with Crippen LogP contribution in [-0.2, 0) is 4.79 Å². The highest BCUT2D eigenvalue weighted by molar-refractivity contribution is 6.34. The van der Waals surface area contributed by atoms with E-state index in [0.717, 1.165) is 5.56 Å². The molecule has 0 unspecified atom stereocenters. The number of amides is 1. The molecule has 0 aliphatic carbocycles. The van der Waals surface area contributed by atoms with Crippen molar-refractivity contribution in [2.45, 2.75) is 6.92 Å². The number of ether oxygens (including phenoxy) is 1. The maximum absolute atomic E-state index is 11.8. The van der Waals surface area contributed by atoms with Gasteiger partial charge in [-0.1, -0.05) is 29.3 Å². The molecule has 0 spiro atoms. The molecule has 0 saturated carbocycles. The largest absolute Gasteiger partial charge is 0.484 e. The Kier molecular flexibility index (Phi) is 4.48. The summed E-state index contributed by atoms with van der Waals surface area (Å²) in [6, 6.07) is 12.4. The van der Waals surface area contributed by atoms with E-state index >= 15 is 0 Å². The molecule has 3 N–H and O–H groups in total. The topological polar surface area (TPSA) is 64.3 Å². The van der Waals surface area contributed by atoms with Crippen molar-refractivity contribution in [3.63, 3.8) is 0 Å². The maximum atomic E-state index is 11.8. The second kappa shape index (κ2) is 6.30. The minimum atomic E-state index is -0.280. The maximum Gasteiger partial charge on any atom is 0.262 e. The van der Waals surface area contributed by atoms with Crippen LogP contribution < -0.4 is 15.8 Å². The number of halogens is 1. The molecule has 0 aliphatic rings. The fourth-order valence-electron chi connectivity index (χ4n) is 1.60. The van der Waals surface area contributed by atoms with Crippen LogP contribution in [0.1, 0.15) is 5.56 Å². The van der Waals surface area contributed by atoms with Crippen molar-refractivity contribution in [2.75, 3.05) is 17.7 Å². The molecule has 4 nitrogen and oxygen atoms in total. The molecule has 1 amide bonds. The monoisotopic (exact) mass is 290 g/mol. The van der Waals surface area contributed by atoms with Gasteiger partial charge in [0.2, 0.25) is 0 Å². The molecule has 0 bridgehead atoms. The Balaban J connectivity index is 1.90. The molecule has 0 saturated heterocycles. The predicted octanol–water partition coefficient (Wildman–Crippen LogP) is 3.25. The number of hydrogen-bond acceptors (Lipinski definition) is 3. The number of nitrogens with two attached hydrogens (primary N) is 1. The third-order valence-electron chi connectivity index (χ3n) is 2.66. The highest BCUT2D eigenvalue weighted by Gasteiger charge is 2.07. The molecular formula is C15H15ClN2O2. The van der Waals surface area contributed by atoms with Gasteiger partial charge in [-0.15, -0.1) is 0 Å². The summed E-state index contributed by atoms with van der Waals surface area (Å²) in [5.74, 6) is 0.367. The highest BCUT2D eigenvalue weighted by Crippen LogP contribution is 2.23. The molecule has 0 fully saturated rings. The Bertz CT molecular complexity index is 612. The summed E-state index contributed by atoms with van der Waals surface area (Å²) in [4.78, 5) is 11.8. The average molecular weight is 291 g/mol. The third-order valence-corrected chi connectivity index (χ3v) is 2.97. The molecule has 2 aromatic rings. The van der Waals surface area contributed by atoms with Crippen LogP contribution >= 0.6 is 11.6 Å². The van der Waals surface area contributed by atoms with Gasteiger partial charge in [0.25, 0.3) is 5.91 Å². The van der Waals surface area contributed by atoms with Crippen molar-refractivity contribution in [1.29, 1.82) is 0 Å². The minimum absolute atomic E-state index is 0.0796. The van der Waals surface area contributed by atoms with Crippen LogP contribution in [-0.4, -0.2) is 12.5 Å². The van der Waals surface area contributed by atoms with E-state index in [4.69, 9.17) is 22.1 Å². The highest BCUT2D eigenvalue weighted by atomic mass is 35.5. The zero-order chi connectivity index (χ0) is 14.5. The molecular weight excluding hydrogens is 276 g/mol. The first-order chi connectivity index (χ1) is 9.54. The van der Waals surface area contributed by atoms with Crippen LogP contribution in [0, 0.1) is 6.92 Å². The second-order valence-corrected chi connectivity index (χ2v) is 4.80. The first kappa shape index (κ1) is 14.2. The number of nitrogens with one attached hydrogen (secondary N) is 1. The van der Waals surface area contributed by atoms with Gasteiger partial charge in [-0.25, -0.2) is 0 Å². The first-order valence-corrected chi connectivity index (χ1v) is 6.47. The first-order valence-electron chi connectivity index (χ1n) is 6.09. The lowest BCUT2D eigenvalue weighted by molar-refractivity contribution is -0.118. The van der Waals surface area contributed by atoms with Crippen molar-refractivity contribution < 1.29 is 9.53 Å². The average Bonchev–Trinajstić information content (AvgIpc) is 2.41. The third kappa shape index (κ3) is 3.90. The van der Waals surface area contributed by atoms with E-state index in [0.29, 0.717) is 22.1 Å². The molecule has 0 heterocycles. The summed E-state index contributed by atoms with van der Waals surface area (Å²) in [6.45, 7) is 1.91. The summed E-state index contributed by atoms with van der Waals surface area (Å²) in [7, 11) is 0. The zero-order valence-corrected chi connectivity index (χ0v) is 11.8. The zero-order valence-electron chi connectivity index (χ0n) is 11.0. The van der Waals surface area contributed by atoms with Crippen LogP contribution in [0.3, 0.4) is 0 Å². The van der Waals surface area contributed by atoms with Gasteiger partial charge in [0.05, 0.1) is 10.7 Å². The minimum Gasteiger partial charge on any atom is -0.484 e. The van der Waals surface area contributed by atoms with Gasteiger partial charge < -0.3 is 15.8 Å². The Morgan fingerprint density at radius 3 is 2.60 bits per heavy atom. The Labute approximate surface area is 122 Å². The number of anilines is 2. The number of hydrogen-bond donors (Lipinski definition) is 2. The molecule has 104 valence electrons. The van der Waals surface area contributed by atoms with Gasteiger partial charge in [-0.05, 0) is 37.3 Å². The second-order valence-electron chi connectivity index (χ2n) is 4.39. The fourth-order valence-corrected chi connectivity index (χ4v) is 1.84. The van der Waals surface area contributed by atoms with Gasteiger partial charge in [0.1, 0.15) is 5.75 Å². The van der Waals surface area contributed by atoms with E-state index < -0.39 is 0 Å². The number of carbonyl (C=O) groups excluding carboxylic acids is 1. The van der Waals surface area contributed by atoms with Crippen LogP contribution in [0.2, 0.25) is 5.02 Å². The van der Waals surface area contributed by atoms with Crippen molar-refractivity contribution >= 4 is 28.9 Å². The molecule has 5 heteroatoms. The molecule has 0 radical (unpaired) electrons. The van der Waals surface area contributed by atoms with Gasteiger partial charge >= 0.3 is 0 Å². The predicted molar refractivity (Wildman–Crippen MR) is 81.2 cm³/mol. The Hall–Kier alpha value is -2.20. The van der Waals surface area contributed by atoms with Crippen LogP contribution in [0.5, 0.6) is 5.75 Å². The lowest BCUT2D eigenvalue weighted by atomic mass is 10.2. The number of benzene rings is 2. The van der Waals surface area contributed by atoms with Crippen molar-refractivity contribution in [2.24, 2.45) is 0 Å². The van der Waals surface area contributed by atoms with Crippen molar-refractivity contribution in [1.82, 2.24) is 0 Å². The van der Waals surface area contributed by atoms with Crippen molar-refractivity contribution in [3.8, 4) is 5.75 Å². The van der Waals surface area contributed by atoms with Gasteiger partial charge in [-0.3, -0.25) is 4.79 Å². The molecule has 20 heavy (non-hydrogen) atoms.